The van der Waals surface area contributed by atoms with Gasteiger partial charge in [-0.1, -0.05) is 30.3 Å². The average Bonchev–Trinajstić information content (AvgIpc) is 2.66. The largest absolute Gasteiger partial charge is 0.496 e. The van der Waals surface area contributed by atoms with Gasteiger partial charge in [-0.3, -0.25) is 9.59 Å². The number of allylic oxidation sites excluding steroid dienone is 1. The van der Waals surface area contributed by atoms with Crippen LogP contribution in [0.2, 0.25) is 0 Å². The van der Waals surface area contributed by atoms with Crippen LogP contribution in [-0.4, -0.2) is 25.1 Å². The molecule has 0 aliphatic rings. The van der Waals surface area contributed by atoms with Crippen molar-refractivity contribution >= 4 is 18.0 Å². The van der Waals surface area contributed by atoms with Crippen molar-refractivity contribution in [2.75, 3.05) is 7.11 Å². The van der Waals surface area contributed by atoms with E-state index in [2.05, 4.69) is 15.8 Å². The predicted octanol–water partition coefficient (Wildman–Crippen LogP) is 2.87. The van der Waals surface area contributed by atoms with Gasteiger partial charge in [0, 0.05) is 11.1 Å². The lowest BCUT2D eigenvalue weighted by Gasteiger charge is -2.10. The number of carbonyl (C=O) groups is 2. The maximum Gasteiger partial charge on any atom is 0.287 e. The van der Waals surface area contributed by atoms with Crippen molar-refractivity contribution in [1.29, 1.82) is 0 Å². The summed E-state index contributed by atoms with van der Waals surface area (Å²) in [4.78, 5) is 24.6. The maximum absolute atomic E-state index is 12.4. The van der Waals surface area contributed by atoms with E-state index >= 15 is 0 Å². The van der Waals surface area contributed by atoms with Gasteiger partial charge < -0.3 is 10.1 Å². The van der Waals surface area contributed by atoms with E-state index in [-0.39, 0.29) is 11.6 Å². The van der Waals surface area contributed by atoms with E-state index in [0.717, 1.165) is 5.56 Å². The Bertz CT molecular complexity index is 838. The lowest BCUT2D eigenvalue weighted by molar-refractivity contribution is -0.117. The Kier molecular flexibility index (Phi) is 6.68. The number of ether oxygens (including phenoxy) is 1. The van der Waals surface area contributed by atoms with E-state index in [1.165, 1.54) is 6.21 Å². The second-order valence-electron chi connectivity index (χ2n) is 5.64. The van der Waals surface area contributed by atoms with Gasteiger partial charge in [0.1, 0.15) is 11.4 Å². The Labute approximate surface area is 152 Å². The molecule has 2 aromatic carbocycles. The molecule has 0 saturated carbocycles. The number of hydrogen-bond donors (Lipinski definition) is 2. The highest BCUT2D eigenvalue weighted by Gasteiger charge is 2.15. The van der Waals surface area contributed by atoms with Gasteiger partial charge in [-0.25, -0.2) is 5.43 Å². The number of benzene rings is 2. The second-order valence-corrected chi connectivity index (χ2v) is 5.64. The molecule has 0 aliphatic heterocycles. The molecule has 6 heteroatoms. The second kappa shape index (κ2) is 9.17. The summed E-state index contributed by atoms with van der Waals surface area (Å²) in [5.41, 5.74) is 4.45. The molecule has 0 unspecified atom stereocenters. The van der Waals surface area contributed by atoms with Gasteiger partial charge in [0.2, 0.25) is 0 Å². The fourth-order valence-electron chi connectivity index (χ4n) is 2.17. The Morgan fingerprint density at radius 1 is 1.00 bits per heavy atom. The zero-order chi connectivity index (χ0) is 18.9. The fraction of sp³-hybridized carbons (Fsp3) is 0.150. The van der Waals surface area contributed by atoms with Crippen LogP contribution in [0.15, 0.2) is 71.0 Å². The molecule has 2 rings (SSSR count). The molecule has 0 atom stereocenters. The molecule has 0 aliphatic carbocycles. The van der Waals surface area contributed by atoms with Crippen LogP contribution in [0.4, 0.5) is 0 Å². The van der Waals surface area contributed by atoms with Crippen LogP contribution in [0.3, 0.4) is 0 Å². The van der Waals surface area contributed by atoms with Gasteiger partial charge in [0.25, 0.3) is 11.8 Å². The molecule has 0 saturated heterocycles. The minimum atomic E-state index is -0.500. The normalized spacial score (nSPS) is 10.3. The van der Waals surface area contributed by atoms with Crippen molar-refractivity contribution in [3.05, 3.63) is 77.0 Å². The van der Waals surface area contributed by atoms with Crippen LogP contribution in [-0.2, 0) is 4.79 Å². The number of para-hydroxylation sites is 1. The number of methoxy groups -OCH3 is 1. The molecule has 0 radical (unpaired) electrons. The van der Waals surface area contributed by atoms with E-state index in [4.69, 9.17) is 4.74 Å². The number of carbonyl (C=O) groups excluding carboxylic acids is 2. The van der Waals surface area contributed by atoms with Gasteiger partial charge in [-0.2, -0.15) is 5.10 Å². The van der Waals surface area contributed by atoms with Crippen LogP contribution in [0.5, 0.6) is 5.75 Å². The zero-order valence-electron chi connectivity index (χ0n) is 14.9. The molecule has 0 bridgehead atoms. The summed E-state index contributed by atoms with van der Waals surface area (Å²) in [5, 5.41) is 6.58. The number of nitrogens with zero attached hydrogens (tertiary/aromatic N) is 1. The van der Waals surface area contributed by atoms with Crippen LogP contribution < -0.4 is 15.5 Å². The molecule has 26 heavy (non-hydrogen) atoms. The topological polar surface area (TPSA) is 79.8 Å². The van der Waals surface area contributed by atoms with Crippen molar-refractivity contribution < 1.29 is 14.3 Å². The number of nitrogens with one attached hydrogen (secondary N) is 2. The van der Waals surface area contributed by atoms with Crippen molar-refractivity contribution in [1.82, 2.24) is 10.7 Å². The third kappa shape index (κ3) is 5.04. The summed E-state index contributed by atoms with van der Waals surface area (Å²) in [7, 11) is 1.56. The summed E-state index contributed by atoms with van der Waals surface area (Å²) < 4.78 is 5.22. The third-order valence-electron chi connectivity index (χ3n) is 3.51. The highest BCUT2D eigenvalue weighted by Crippen LogP contribution is 2.14. The van der Waals surface area contributed by atoms with Gasteiger partial charge in [0.15, 0.2) is 0 Å². The Morgan fingerprint density at radius 3 is 2.31 bits per heavy atom. The summed E-state index contributed by atoms with van der Waals surface area (Å²) in [5.74, 6) is -0.212. The molecule has 0 spiro atoms. The van der Waals surface area contributed by atoms with Gasteiger partial charge in [0.05, 0.1) is 13.3 Å². The molecule has 2 aromatic rings. The highest BCUT2D eigenvalue weighted by molar-refractivity contribution is 6.03. The molecule has 6 nitrogen and oxygen atoms in total. The van der Waals surface area contributed by atoms with Crippen molar-refractivity contribution in [3.63, 3.8) is 0 Å². The standard InChI is InChI=1S/C20H21N3O3/c1-14(2)18(22-19(24)15-9-5-4-6-10-15)20(25)23-21-13-16-11-7-8-12-17(16)26-3/h4-13H,1-3H3,(H,22,24)(H,23,25). The minimum absolute atomic E-state index is 0.163. The molecule has 0 heterocycles. The molecule has 2 N–H and O–H groups in total. The quantitative estimate of drug-likeness (QED) is 0.477. The van der Waals surface area contributed by atoms with Gasteiger partial charge in [-0.05, 0) is 43.7 Å². The first-order valence-corrected chi connectivity index (χ1v) is 8.03. The van der Waals surface area contributed by atoms with Crippen molar-refractivity contribution in [2.45, 2.75) is 13.8 Å². The van der Waals surface area contributed by atoms with Gasteiger partial charge >= 0.3 is 0 Å². The summed E-state index contributed by atoms with van der Waals surface area (Å²) >= 11 is 0. The number of hydrazone groups is 1. The summed E-state index contributed by atoms with van der Waals surface area (Å²) in [6.45, 7) is 3.48. The highest BCUT2D eigenvalue weighted by atomic mass is 16.5. The molecule has 0 fully saturated rings. The molecular formula is C20H21N3O3. The van der Waals surface area contributed by atoms with E-state index in [9.17, 15) is 9.59 Å². The third-order valence-corrected chi connectivity index (χ3v) is 3.51. The minimum Gasteiger partial charge on any atom is -0.496 e. The van der Waals surface area contributed by atoms with E-state index in [0.29, 0.717) is 16.9 Å². The van der Waals surface area contributed by atoms with Crippen molar-refractivity contribution in [3.8, 4) is 5.75 Å². The molecule has 2 amide bonds. The summed E-state index contributed by atoms with van der Waals surface area (Å²) in [6, 6.07) is 16.0. The number of rotatable bonds is 6. The van der Waals surface area contributed by atoms with Crippen LogP contribution in [0.25, 0.3) is 0 Å². The van der Waals surface area contributed by atoms with Crippen LogP contribution >= 0.6 is 0 Å². The Balaban J connectivity index is 2.06. The lowest BCUT2D eigenvalue weighted by Crippen LogP contribution is -2.33. The lowest BCUT2D eigenvalue weighted by atomic mass is 10.2. The van der Waals surface area contributed by atoms with E-state index < -0.39 is 5.91 Å². The predicted molar refractivity (Wildman–Crippen MR) is 101 cm³/mol. The summed E-state index contributed by atoms with van der Waals surface area (Å²) in [6.07, 6.45) is 1.48. The average molecular weight is 351 g/mol. The van der Waals surface area contributed by atoms with Crippen molar-refractivity contribution in [2.24, 2.45) is 5.10 Å². The van der Waals surface area contributed by atoms with E-state index in [1.807, 2.05) is 24.3 Å². The number of amides is 2. The van der Waals surface area contributed by atoms with Crippen LogP contribution in [0, 0.1) is 0 Å². The van der Waals surface area contributed by atoms with Crippen LogP contribution in [0.1, 0.15) is 29.8 Å². The Hall–Kier alpha value is -3.41. The first-order valence-electron chi connectivity index (χ1n) is 8.03. The fourth-order valence-corrected chi connectivity index (χ4v) is 2.17. The van der Waals surface area contributed by atoms with Gasteiger partial charge in [-0.15, -0.1) is 0 Å². The smallest absolute Gasteiger partial charge is 0.287 e. The molecular weight excluding hydrogens is 330 g/mol. The Morgan fingerprint density at radius 2 is 1.65 bits per heavy atom. The monoisotopic (exact) mass is 351 g/mol. The molecule has 134 valence electrons. The number of hydrogen-bond acceptors (Lipinski definition) is 4. The van der Waals surface area contributed by atoms with E-state index in [1.54, 1.807) is 51.3 Å². The first-order chi connectivity index (χ1) is 12.5. The first kappa shape index (κ1) is 18.9. The molecule has 0 aromatic heterocycles. The SMILES string of the molecule is COc1ccccc1C=NNC(=O)C(NC(=O)c1ccccc1)=C(C)C. The maximum atomic E-state index is 12.4. The zero-order valence-corrected chi connectivity index (χ0v) is 14.9.